The van der Waals surface area contributed by atoms with Crippen LogP contribution in [0.1, 0.15) is 17.9 Å². The van der Waals surface area contributed by atoms with Gasteiger partial charge in [-0.25, -0.2) is 4.79 Å². The van der Waals surface area contributed by atoms with Crippen molar-refractivity contribution in [2.75, 3.05) is 7.11 Å². The lowest BCUT2D eigenvalue weighted by Gasteiger charge is -2.08. The Morgan fingerprint density at radius 3 is 2.65 bits per heavy atom. The van der Waals surface area contributed by atoms with Crippen LogP contribution in [-0.2, 0) is 9.53 Å². The maximum atomic E-state index is 11.7. The molecule has 2 atom stereocenters. The van der Waals surface area contributed by atoms with Crippen LogP contribution in [0, 0.1) is 10.1 Å². The molecule has 0 bridgehead atoms. The van der Waals surface area contributed by atoms with E-state index in [2.05, 4.69) is 4.74 Å². The van der Waals surface area contributed by atoms with Gasteiger partial charge in [0, 0.05) is 11.3 Å². The van der Waals surface area contributed by atoms with Gasteiger partial charge in [-0.15, -0.1) is 0 Å². The molecule has 1 fully saturated rings. The van der Waals surface area contributed by atoms with E-state index >= 15 is 0 Å². The van der Waals surface area contributed by atoms with Crippen molar-refractivity contribution in [2.45, 2.75) is 17.9 Å². The van der Waals surface area contributed by atoms with Crippen LogP contribution in [0.15, 0.2) is 42.5 Å². The Morgan fingerprint density at radius 1 is 1.30 bits per heavy atom. The van der Waals surface area contributed by atoms with Gasteiger partial charge in [-0.1, -0.05) is 42.5 Å². The van der Waals surface area contributed by atoms with Gasteiger partial charge in [0.2, 0.25) is 0 Å². The lowest BCUT2D eigenvalue weighted by atomic mass is 10.0. The Bertz CT molecular complexity index is 712. The first-order valence-electron chi connectivity index (χ1n) is 6.31. The molecule has 0 unspecified atom stereocenters. The van der Waals surface area contributed by atoms with Gasteiger partial charge in [-0.2, -0.15) is 0 Å². The van der Waals surface area contributed by atoms with E-state index in [0.29, 0.717) is 0 Å². The van der Waals surface area contributed by atoms with Crippen molar-refractivity contribution < 1.29 is 14.5 Å². The lowest BCUT2D eigenvalue weighted by Crippen LogP contribution is -2.34. The average Bonchev–Trinajstić information content (AvgIpc) is 3.23. The van der Waals surface area contributed by atoms with Crippen molar-refractivity contribution in [3.05, 3.63) is 58.1 Å². The molecule has 0 saturated heterocycles. The third-order valence-electron chi connectivity index (χ3n) is 3.97. The van der Waals surface area contributed by atoms with E-state index in [9.17, 15) is 14.9 Å². The van der Waals surface area contributed by atoms with Crippen molar-refractivity contribution in [3.8, 4) is 0 Å². The van der Waals surface area contributed by atoms with Gasteiger partial charge in [0.15, 0.2) is 0 Å². The predicted molar refractivity (Wildman–Crippen MR) is 73.0 cm³/mol. The largest absolute Gasteiger partial charge is 0.464 e. The van der Waals surface area contributed by atoms with Crippen molar-refractivity contribution in [1.29, 1.82) is 0 Å². The van der Waals surface area contributed by atoms with Gasteiger partial charge < -0.3 is 4.74 Å². The molecule has 0 spiro atoms. The number of fused-ring (bicyclic) bond motifs is 1. The highest BCUT2D eigenvalue weighted by atomic mass is 16.6. The fourth-order valence-corrected chi connectivity index (χ4v) is 2.75. The monoisotopic (exact) mass is 271 g/mol. The SMILES string of the molecule is COC(=O)[C@]1([N+](=O)[O-])C[C@@H]1c1ccc2ccccc2c1. The van der Waals surface area contributed by atoms with Crippen LogP contribution < -0.4 is 0 Å². The minimum absolute atomic E-state index is 0.199. The maximum Gasteiger partial charge on any atom is 0.385 e. The molecular formula is C15H13NO4. The Morgan fingerprint density at radius 2 is 2.00 bits per heavy atom. The molecule has 0 aliphatic heterocycles. The Kier molecular flexibility index (Phi) is 2.71. The number of esters is 1. The smallest absolute Gasteiger partial charge is 0.385 e. The summed E-state index contributed by atoms with van der Waals surface area (Å²) in [5.74, 6) is -1.17. The van der Waals surface area contributed by atoms with Gasteiger partial charge in [0.05, 0.1) is 13.0 Å². The third-order valence-corrected chi connectivity index (χ3v) is 3.97. The number of benzene rings is 2. The summed E-state index contributed by atoms with van der Waals surface area (Å²) in [6.45, 7) is 0. The summed E-state index contributed by atoms with van der Waals surface area (Å²) in [4.78, 5) is 22.4. The van der Waals surface area contributed by atoms with E-state index in [4.69, 9.17) is 0 Å². The second kappa shape index (κ2) is 4.30. The summed E-state index contributed by atoms with van der Waals surface area (Å²) in [6.07, 6.45) is 0.199. The van der Waals surface area contributed by atoms with Gasteiger partial charge >= 0.3 is 11.5 Å². The molecule has 0 N–H and O–H groups in total. The van der Waals surface area contributed by atoms with Crippen LogP contribution in [-0.4, -0.2) is 23.5 Å². The zero-order valence-corrected chi connectivity index (χ0v) is 10.9. The fraction of sp³-hybridized carbons (Fsp3) is 0.267. The van der Waals surface area contributed by atoms with Crippen molar-refractivity contribution in [1.82, 2.24) is 0 Å². The number of carbonyl (C=O) groups is 1. The van der Waals surface area contributed by atoms with E-state index in [-0.39, 0.29) is 6.42 Å². The number of hydrogen-bond donors (Lipinski definition) is 0. The molecule has 0 radical (unpaired) electrons. The van der Waals surface area contributed by atoms with Gasteiger partial charge in [-0.3, -0.25) is 10.1 Å². The normalized spacial score (nSPS) is 24.4. The molecule has 0 heterocycles. The van der Waals surface area contributed by atoms with Crippen LogP contribution in [0.4, 0.5) is 0 Å². The molecule has 1 aliphatic rings. The minimum Gasteiger partial charge on any atom is -0.464 e. The molecule has 20 heavy (non-hydrogen) atoms. The van der Waals surface area contributed by atoms with E-state index in [1.807, 2.05) is 42.5 Å². The first-order valence-corrected chi connectivity index (χ1v) is 6.31. The fourth-order valence-electron chi connectivity index (χ4n) is 2.75. The predicted octanol–water partition coefficient (Wildman–Crippen LogP) is 2.52. The molecule has 1 aliphatic carbocycles. The van der Waals surface area contributed by atoms with E-state index in [1.165, 1.54) is 7.11 Å². The summed E-state index contributed by atoms with van der Waals surface area (Å²) < 4.78 is 4.60. The van der Waals surface area contributed by atoms with E-state index < -0.39 is 22.3 Å². The lowest BCUT2D eigenvalue weighted by molar-refractivity contribution is -0.526. The maximum absolute atomic E-state index is 11.7. The molecule has 0 aromatic heterocycles. The second-order valence-electron chi connectivity index (χ2n) is 5.04. The van der Waals surface area contributed by atoms with E-state index in [0.717, 1.165) is 16.3 Å². The van der Waals surface area contributed by atoms with Gasteiger partial charge in [0.1, 0.15) is 0 Å². The summed E-state index contributed by atoms with van der Waals surface area (Å²) in [5.41, 5.74) is -0.789. The molecule has 5 nitrogen and oxygen atoms in total. The van der Waals surface area contributed by atoms with Gasteiger partial charge in [0.25, 0.3) is 0 Å². The Hall–Kier alpha value is -2.43. The van der Waals surface area contributed by atoms with Crippen molar-refractivity contribution in [3.63, 3.8) is 0 Å². The van der Waals surface area contributed by atoms with Gasteiger partial charge in [-0.05, 0) is 16.3 Å². The zero-order valence-electron chi connectivity index (χ0n) is 10.9. The molecule has 102 valence electrons. The first kappa shape index (κ1) is 12.6. The highest BCUT2D eigenvalue weighted by Crippen LogP contribution is 2.54. The van der Waals surface area contributed by atoms with Crippen molar-refractivity contribution >= 4 is 16.7 Å². The first-order chi connectivity index (χ1) is 9.59. The van der Waals surface area contributed by atoms with Crippen LogP contribution in [0.2, 0.25) is 0 Å². The number of nitrogens with zero attached hydrogens (tertiary/aromatic N) is 1. The Balaban J connectivity index is 2.01. The summed E-state index contributed by atoms with van der Waals surface area (Å²) in [7, 11) is 1.18. The molecule has 1 saturated carbocycles. The third kappa shape index (κ3) is 1.66. The molecule has 3 rings (SSSR count). The topological polar surface area (TPSA) is 69.4 Å². The van der Waals surface area contributed by atoms with Crippen LogP contribution >= 0.6 is 0 Å². The number of carbonyl (C=O) groups excluding carboxylic acids is 1. The minimum atomic E-state index is -1.60. The number of rotatable bonds is 3. The zero-order chi connectivity index (χ0) is 14.3. The molecule has 5 heteroatoms. The highest BCUT2D eigenvalue weighted by molar-refractivity contribution is 5.87. The number of methoxy groups -OCH3 is 1. The molecule has 2 aromatic carbocycles. The summed E-state index contributed by atoms with van der Waals surface area (Å²) >= 11 is 0. The summed E-state index contributed by atoms with van der Waals surface area (Å²) in [6, 6.07) is 13.5. The van der Waals surface area contributed by atoms with Crippen LogP contribution in [0.25, 0.3) is 10.8 Å². The average molecular weight is 271 g/mol. The second-order valence-corrected chi connectivity index (χ2v) is 5.04. The number of ether oxygens (including phenoxy) is 1. The Labute approximate surface area is 115 Å². The molecule has 0 amide bonds. The summed E-state index contributed by atoms with van der Waals surface area (Å²) in [5, 5.41) is 13.3. The standard InChI is InChI=1S/C15H13NO4/c1-20-14(17)15(16(18)19)9-13(15)12-7-6-10-4-2-3-5-11(10)8-12/h2-8,13H,9H2,1H3/t13-,15+/m1/s1. The number of nitro groups is 1. The van der Waals surface area contributed by atoms with Crippen LogP contribution in [0.5, 0.6) is 0 Å². The highest BCUT2D eigenvalue weighted by Gasteiger charge is 2.73. The van der Waals surface area contributed by atoms with E-state index in [1.54, 1.807) is 0 Å². The molecule has 2 aromatic rings. The van der Waals surface area contributed by atoms with Crippen LogP contribution in [0.3, 0.4) is 0 Å². The number of hydrogen-bond acceptors (Lipinski definition) is 4. The van der Waals surface area contributed by atoms with Crippen molar-refractivity contribution in [2.24, 2.45) is 0 Å². The molecular weight excluding hydrogens is 258 g/mol. The quantitative estimate of drug-likeness (QED) is 0.488.